The minimum atomic E-state index is 0.0352. The fraction of sp³-hybridized carbons (Fsp3) is 0.562. The Balaban J connectivity index is 1.61. The highest BCUT2D eigenvalue weighted by Gasteiger charge is 2.38. The Morgan fingerprint density at radius 2 is 2.20 bits per heavy atom. The number of aliphatic imine (C=N–C) groups is 1. The van der Waals surface area contributed by atoms with Gasteiger partial charge in [0.1, 0.15) is 0 Å². The molecule has 0 bridgehead atoms. The maximum Gasteiger partial charge on any atom is 0.157 e. The molecule has 20 heavy (non-hydrogen) atoms. The number of nitrogens with zero attached hydrogens (tertiary/aromatic N) is 1. The van der Waals surface area contributed by atoms with Crippen LogP contribution < -0.4 is 5.32 Å². The van der Waals surface area contributed by atoms with Crippen LogP contribution in [0.1, 0.15) is 25.8 Å². The van der Waals surface area contributed by atoms with E-state index in [1.165, 1.54) is 5.56 Å². The summed E-state index contributed by atoms with van der Waals surface area (Å²) in [6, 6.07) is 11.0. The topological polar surface area (TPSA) is 33.6 Å². The number of hydrogen-bond donors (Lipinski definition) is 1. The molecule has 3 nitrogen and oxygen atoms in total. The lowest BCUT2D eigenvalue weighted by Crippen LogP contribution is -2.49. The van der Waals surface area contributed by atoms with E-state index >= 15 is 0 Å². The van der Waals surface area contributed by atoms with E-state index in [-0.39, 0.29) is 11.6 Å². The second kappa shape index (κ2) is 5.78. The summed E-state index contributed by atoms with van der Waals surface area (Å²) < 4.78 is 5.67. The van der Waals surface area contributed by atoms with Crippen molar-refractivity contribution >= 4 is 16.9 Å². The van der Waals surface area contributed by atoms with Crippen LogP contribution in [0.25, 0.3) is 0 Å². The number of ether oxygens (including phenoxy) is 1. The average molecular weight is 290 g/mol. The van der Waals surface area contributed by atoms with Gasteiger partial charge in [-0.15, -0.1) is 0 Å². The molecule has 0 aliphatic carbocycles. The van der Waals surface area contributed by atoms with E-state index in [1.54, 1.807) is 0 Å². The fourth-order valence-corrected chi connectivity index (χ4v) is 3.79. The van der Waals surface area contributed by atoms with E-state index < -0.39 is 0 Å². The summed E-state index contributed by atoms with van der Waals surface area (Å²) in [5.74, 6) is 1.07. The zero-order chi connectivity index (χ0) is 14.0. The maximum atomic E-state index is 5.67. The zero-order valence-corrected chi connectivity index (χ0v) is 13.0. The number of benzene rings is 1. The van der Waals surface area contributed by atoms with Gasteiger partial charge in [0.15, 0.2) is 5.17 Å². The van der Waals surface area contributed by atoms with Crippen molar-refractivity contribution in [3.05, 3.63) is 35.9 Å². The van der Waals surface area contributed by atoms with Crippen LogP contribution in [0.5, 0.6) is 0 Å². The third-order valence-corrected chi connectivity index (χ3v) is 5.34. The summed E-state index contributed by atoms with van der Waals surface area (Å²) in [6.07, 6.45) is 2.33. The summed E-state index contributed by atoms with van der Waals surface area (Å²) in [5, 5.41) is 4.70. The van der Waals surface area contributed by atoms with Crippen molar-refractivity contribution in [3.8, 4) is 0 Å². The Bertz CT molecular complexity index is 491. The molecule has 0 spiro atoms. The normalized spacial score (nSPS) is 33.2. The molecule has 1 fully saturated rings. The van der Waals surface area contributed by atoms with Gasteiger partial charge in [-0.3, -0.25) is 4.99 Å². The molecule has 0 saturated carbocycles. The predicted octanol–water partition coefficient (Wildman–Crippen LogP) is 2.86. The van der Waals surface area contributed by atoms with E-state index in [9.17, 15) is 0 Å². The van der Waals surface area contributed by atoms with Crippen LogP contribution in [0, 0.1) is 0 Å². The van der Waals surface area contributed by atoms with Gasteiger partial charge < -0.3 is 10.1 Å². The van der Waals surface area contributed by atoms with Gasteiger partial charge in [-0.05, 0) is 32.3 Å². The maximum absolute atomic E-state index is 5.67. The first-order chi connectivity index (χ1) is 9.66. The lowest BCUT2D eigenvalue weighted by molar-refractivity contribution is 0.0950. The van der Waals surface area contributed by atoms with Gasteiger partial charge in [0.2, 0.25) is 0 Å². The predicted molar refractivity (Wildman–Crippen MR) is 85.4 cm³/mol. The highest BCUT2D eigenvalue weighted by molar-refractivity contribution is 8.14. The molecule has 0 radical (unpaired) electrons. The Kier molecular flexibility index (Phi) is 4.03. The molecular weight excluding hydrogens is 268 g/mol. The van der Waals surface area contributed by atoms with Crippen LogP contribution in [-0.2, 0) is 11.2 Å². The summed E-state index contributed by atoms with van der Waals surface area (Å²) >= 11 is 1.84. The Morgan fingerprint density at radius 3 is 2.90 bits per heavy atom. The van der Waals surface area contributed by atoms with Crippen molar-refractivity contribution in [1.29, 1.82) is 0 Å². The van der Waals surface area contributed by atoms with Gasteiger partial charge in [-0.1, -0.05) is 42.1 Å². The van der Waals surface area contributed by atoms with E-state index in [0.717, 1.165) is 30.4 Å². The van der Waals surface area contributed by atoms with Gasteiger partial charge in [0, 0.05) is 12.4 Å². The third-order valence-electron chi connectivity index (χ3n) is 4.31. The van der Waals surface area contributed by atoms with Crippen molar-refractivity contribution in [2.45, 2.75) is 44.4 Å². The Labute approximate surface area is 125 Å². The van der Waals surface area contributed by atoms with E-state index in [2.05, 4.69) is 49.5 Å². The average Bonchev–Trinajstić information content (AvgIpc) is 2.99. The van der Waals surface area contributed by atoms with Crippen LogP contribution in [0.3, 0.4) is 0 Å². The second-order valence-corrected chi connectivity index (χ2v) is 6.90. The molecule has 2 aliphatic rings. The Hall–Kier alpha value is -1.00. The molecule has 1 aromatic carbocycles. The molecular formula is C16H22N2OS. The van der Waals surface area contributed by atoms with Crippen LogP contribution in [0.2, 0.25) is 0 Å². The van der Waals surface area contributed by atoms with Crippen LogP contribution in [0.15, 0.2) is 35.3 Å². The fourth-order valence-electron chi connectivity index (χ4n) is 2.72. The number of thioether (sulfide) groups is 1. The summed E-state index contributed by atoms with van der Waals surface area (Å²) in [4.78, 5) is 4.84. The molecule has 4 heteroatoms. The van der Waals surface area contributed by atoms with E-state index in [4.69, 9.17) is 9.73 Å². The lowest BCUT2D eigenvalue weighted by Gasteiger charge is -2.29. The number of hydrogen-bond acceptors (Lipinski definition) is 4. The lowest BCUT2D eigenvalue weighted by atomic mass is 9.95. The summed E-state index contributed by atoms with van der Waals surface area (Å²) in [5.41, 5.74) is 1.40. The monoisotopic (exact) mass is 290 g/mol. The largest absolute Gasteiger partial charge is 0.376 e. The van der Waals surface area contributed by atoms with Crippen molar-refractivity contribution in [3.63, 3.8) is 0 Å². The molecule has 1 saturated heterocycles. The van der Waals surface area contributed by atoms with Gasteiger partial charge in [0.05, 0.1) is 17.7 Å². The first-order valence-corrected chi connectivity index (χ1v) is 8.28. The first kappa shape index (κ1) is 14.0. The highest BCUT2D eigenvalue weighted by Crippen LogP contribution is 2.28. The molecule has 2 heterocycles. The van der Waals surface area contributed by atoms with Gasteiger partial charge in [-0.2, -0.15) is 0 Å². The van der Waals surface area contributed by atoms with Crippen molar-refractivity contribution in [1.82, 2.24) is 5.32 Å². The van der Waals surface area contributed by atoms with E-state index in [0.29, 0.717) is 6.04 Å². The molecule has 1 N–H and O–H groups in total. The molecule has 1 aromatic rings. The van der Waals surface area contributed by atoms with Crippen molar-refractivity contribution < 1.29 is 4.74 Å². The van der Waals surface area contributed by atoms with Crippen molar-refractivity contribution in [2.75, 3.05) is 12.4 Å². The van der Waals surface area contributed by atoms with Crippen molar-refractivity contribution in [2.24, 2.45) is 4.99 Å². The number of nitrogens with one attached hydrogen (secondary N) is 1. The van der Waals surface area contributed by atoms with Crippen LogP contribution in [-0.4, -0.2) is 35.2 Å². The quantitative estimate of drug-likeness (QED) is 0.929. The van der Waals surface area contributed by atoms with Gasteiger partial charge in [-0.25, -0.2) is 0 Å². The highest BCUT2D eigenvalue weighted by atomic mass is 32.2. The van der Waals surface area contributed by atoms with Gasteiger partial charge in [0.25, 0.3) is 0 Å². The standard InChI is InChI=1S/C16H22N2OS/c1-12-16(2,8-9-19-12)18-15-17-14(11-20-15)10-13-6-4-3-5-7-13/h3-7,12,14H,8-11H2,1-2H3,(H,17,18). The van der Waals surface area contributed by atoms with E-state index in [1.807, 2.05) is 11.8 Å². The second-order valence-electron chi connectivity index (χ2n) is 5.89. The summed E-state index contributed by atoms with van der Waals surface area (Å²) in [7, 11) is 0. The van der Waals surface area contributed by atoms with Crippen LogP contribution in [0.4, 0.5) is 0 Å². The molecule has 0 amide bonds. The minimum Gasteiger partial charge on any atom is -0.376 e. The van der Waals surface area contributed by atoms with Gasteiger partial charge >= 0.3 is 0 Å². The smallest absolute Gasteiger partial charge is 0.157 e. The molecule has 3 rings (SSSR count). The molecule has 2 aliphatic heterocycles. The summed E-state index contributed by atoms with van der Waals surface area (Å²) in [6.45, 7) is 5.22. The zero-order valence-electron chi connectivity index (χ0n) is 12.1. The molecule has 3 unspecified atom stereocenters. The first-order valence-electron chi connectivity index (χ1n) is 7.30. The number of rotatable bonds is 3. The molecule has 108 valence electrons. The SMILES string of the molecule is CC1OCCC1(C)NC1=NC(Cc2ccccc2)CS1. The third kappa shape index (κ3) is 3.01. The molecule has 3 atom stereocenters. The minimum absolute atomic E-state index is 0.0352. The van der Waals surface area contributed by atoms with Crippen LogP contribution >= 0.6 is 11.8 Å². The number of amidine groups is 1. The Morgan fingerprint density at radius 1 is 1.40 bits per heavy atom. The molecule has 0 aromatic heterocycles.